The molecule has 2 N–H and O–H groups in total. The Hall–Kier alpha value is -2.24. The lowest BCUT2D eigenvalue weighted by atomic mass is 10.2. The average molecular weight is 328 g/mol. The number of aliphatic hydroxyl groups excluding tert-OH is 1. The first kappa shape index (κ1) is 16.6. The summed E-state index contributed by atoms with van der Waals surface area (Å²) >= 11 is 0. The monoisotopic (exact) mass is 328 g/mol. The Morgan fingerprint density at radius 2 is 1.58 bits per heavy atom. The minimum atomic E-state index is -0.495. The SMILES string of the molecule is Oc1ccc(N2CCN(C[C@@H](O)COc3ccccc3)CC2)cc1. The van der Waals surface area contributed by atoms with Gasteiger partial charge in [0.1, 0.15) is 24.2 Å². The largest absolute Gasteiger partial charge is 0.508 e. The molecule has 1 aliphatic rings. The van der Waals surface area contributed by atoms with Gasteiger partial charge in [-0.2, -0.15) is 0 Å². The van der Waals surface area contributed by atoms with Gasteiger partial charge in [-0.1, -0.05) is 18.2 Å². The van der Waals surface area contributed by atoms with Crippen molar-refractivity contribution in [1.29, 1.82) is 0 Å². The number of piperazine rings is 1. The zero-order valence-corrected chi connectivity index (χ0v) is 13.7. The molecular weight excluding hydrogens is 304 g/mol. The van der Waals surface area contributed by atoms with Gasteiger partial charge in [-0.25, -0.2) is 0 Å². The summed E-state index contributed by atoms with van der Waals surface area (Å²) in [5.74, 6) is 1.08. The van der Waals surface area contributed by atoms with E-state index in [1.807, 2.05) is 42.5 Å². The van der Waals surface area contributed by atoms with Crippen LogP contribution in [0, 0.1) is 0 Å². The Balaban J connectivity index is 1.41. The van der Waals surface area contributed by atoms with Crippen LogP contribution in [0.1, 0.15) is 0 Å². The summed E-state index contributed by atoms with van der Waals surface area (Å²) in [6, 6.07) is 16.9. The number of phenolic OH excluding ortho intramolecular Hbond substituents is 1. The normalized spacial score (nSPS) is 16.8. The van der Waals surface area contributed by atoms with E-state index in [-0.39, 0.29) is 0 Å². The van der Waals surface area contributed by atoms with Crippen molar-refractivity contribution in [1.82, 2.24) is 4.90 Å². The Morgan fingerprint density at radius 1 is 0.917 bits per heavy atom. The molecule has 0 bridgehead atoms. The number of hydrogen-bond acceptors (Lipinski definition) is 5. The standard InChI is InChI=1S/C19H24N2O3/c22-17-8-6-16(7-9-17)21-12-10-20(11-13-21)14-18(23)15-24-19-4-2-1-3-5-19/h1-9,18,22-23H,10-15H2/t18-/m1/s1. The molecule has 0 radical (unpaired) electrons. The highest BCUT2D eigenvalue weighted by atomic mass is 16.5. The van der Waals surface area contributed by atoms with Crippen molar-refractivity contribution < 1.29 is 14.9 Å². The summed E-state index contributed by atoms with van der Waals surface area (Å²) in [6.45, 7) is 4.57. The molecule has 5 nitrogen and oxygen atoms in total. The summed E-state index contributed by atoms with van der Waals surface area (Å²) in [7, 11) is 0. The molecule has 0 amide bonds. The maximum Gasteiger partial charge on any atom is 0.119 e. The molecule has 24 heavy (non-hydrogen) atoms. The molecule has 5 heteroatoms. The molecule has 0 spiro atoms. The zero-order valence-electron chi connectivity index (χ0n) is 13.7. The van der Waals surface area contributed by atoms with Crippen LogP contribution in [0.15, 0.2) is 54.6 Å². The van der Waals surface area contributed by atoms with E-state index in [1.54, 1.807) is 12.1 Å². The second-order valence-corrected chi connectivity index (χ2v) is 6.08. The van der Waals surface area contributed by atoms with Gasteiger partial charge in [-0.3, -0.25) is 4.90 Å². The van der Waals surface area contributed by atoms with Crippen molar-refractivity contribution >= 4 is 5.69 Å². The van der Waals surface area contributed by atoms with Crippen molar-refractivity contribution in [2.24, 2.45) is 0 Å². The highest BCUT2D eigenvalue weighted by molar-refractivity contribution is 5.49. The summed E-state index contributed by atoms with van der Waals surface area (Å²) in [5, 5.41) is 19.5. The lowest BCUT2D eigenvalue weighted by Gasteiger charge is -2.36. The fourth-order valence-electron chi connectivity index (χ4n) is 2.91. The number of aliphatic hydroxyl groups is 1. The maximum absolute atomic E-state index is 10.2. The number of phenols is 1. The number of nitrogens with zero attached hydrogens (tertiary/aromatic N) is 2. The first-order valence-electron chi connectivity index (χ1n) is 8.33. The molecule has 0 aromatic heterocycles. The average Bonchev–Trinajstić information content (AvgIpc) is 2.62. The van der Waals surface area contributed by atoms with Crippen molar-refractivity contribution in [3.05, 3.63) is 54.6 Å². The summed E-state index contributed by atoms with van der Waals surface area (Å²) in [4.78, 5) is 4.55. The Bertz CT molecular complexity index is 610. The third kappa shape index (κ3) is 4.63. The van der Waals surface area contributed by atoms with Gasteiger partial charge in [-0.05, 0) is 36.4 Å². The number of rotatable bonds is 6. The Kier molecular flexibility index (Phi) is 5.56. The molecule has 0 saturated carbocycles. The molecule has 1 atom stereocenters. The smallest absolute Gasteiger partial charge is 0.119 e. The van der Waals surface area contributed by atoms with Gasteiger partial charge in [0.2, 0.25) is 0 Å². The molecule has 2 aromatic rings. The Labute approximate surface area is 142 Å². The molecule has 1 saturated heterocycles. The van der Waals surface area contributed by atoms with Crippen LogP contribution in [0.4, 0.5) is 5.69 Å². The molecule has 0 aliphatic carbocycles. The van der Waals surface area contributed by atoms with E-state index in [0.717, 1.165) is 37.6 Å². The lowest BCUT2D eigenvalue weighted by molar-refractivity contribution is 0.0663. The highest BCUT2D eigenvalue weighted by Crippen LogP contribution is 2.19. The zero-order chi connectivity index (χ0) is 16.8. The maximum atomic E-state index is 10.2. The summed E-state index contributed by atoms with van der Waals surface area (Å²) in [6.07, 6.45) is -0.495. The Morgan fingerprint density at radius 3 is 2.25 bits per heavy atom. The third-order valence-electron chi connectivity index (χ3n) is 4.24. The second kappa shape index (κ2) is 8.04. The van der Waals surface area contributed by atoms with Gasteiger partial charge in [-0.15, -0.1) is 0 Å². The molecule has 2 aromatic carbocycles. The van der Waals surface area contributed by atoms with Crippen LogP contribution in [0.2, 0.25) is 0 Å². The van der Waals surface area contributed by atoms with Crippen LogP contribution in [0.3, 0.4) is 0 Å². The van der Waals surface area contributed by atoms with E-state index >= 15 is 0 Å². The fourth-order valence-corrected chi connectivity index (χ4v) is 2.91. The molecule has 128 valence electrons. The van der Waals surface area contributed by atoms with Crippen LogP contribution in [0.25, 0.3) is 0 Å². The molecule has 0 unspecified atom stereocenters. The van der Waals surface area contributed by atoms with Gasteiger partial charge in [0, 0.05) is 38.4 Å². The van der Waals surface area contributed by atoms with Crippen LogP contribution < -0.4 is 9.64 Å². The number of ether oxygens (including phenoxy) is 1. The van der Waals surface area contributed by atoms with Gasteiger partial charge in [0.25, 0.3) is 0 Å². The van der Waals surface area contributed by atoms with Crippen LogP contribution in [-0.4, -0.2) is 60.5 Å². The van der Waals surface area contributed by atoms with Crippen LogP contribution in [0.5, 0.6) is 11.5 Å². The number of para-hydroxylation sites is 1. The third-order valence-corrected chi connectivity index (χ3v) is 4.24. The topological polar surface area (TPSA) is 56.2 Å². The predicted molar refractivity (Wildman–Crippen MR) is 94.7 cm³/mol. The van der Waals surface area contributed by atoms with Crippen LogP contribution >= 0.6 is 0 Å². The molecule has 3 rings (SSSR count). The van der Waals surface area contributed by atoms with E-state index in [1.165, 1.54) is 0 Å². The van der Waals surface area contributed by atoms with Crippen molar-refractivity contribution in [3.8, 4) is 11.5 Å². The molecule has 1 fully saturated rings. The van der Waals surface area contributed by atoms with Gasteiger partial charge in [0.15, 0.2) is 0 Å². The van der Waals surface area contributed by atoms with Crippen LogP contribution in [-0.2, 0) is 0 Å². The van der Waals surface area contributed by atoms with Crippen molar-refractivity contribution in [3.63, 3.8) is 0 Å². The predicted octanol–water partition coefficient (Wildman–Crippen LogP) is 1.95. The van der Waals surface area contributed by atoms with E-state index in [9.17, 15) is 10.2 Å². The molecule has 1 aliphatic heterocycles. The number of β-amino-alcohol motifs (C(OH)–C–C–N with tert-alkyl or cyclic N) is 1. The van der Waals surface area contributed by atoms with E-state index in [4.69, 9.17) is 4.74 Å². The first-order valence-corrected chi connectivity index (χ1v) is 8.33. The quantitative estimate of drug-likeness (QED) is 0.849. The summed E-state index contributed by atoms with van der Waals surface area (Å²) < 4.78 is 5.60. The minimum absolute atomic E-state index is 0.291. The minimum Gasteiger partial charge on any atom is -0.508 e. The number of benzene rings is 2. The van der Waals surface area contributed by atoms with E-state index in [0.29, 0.717) is 18.9 Å². The molecule has 1 heterocycles. The van der Waals surface area contributed by atoms with Crippen molar-refractivity contribution in [2.75, 3.05) is 44.2 Å². The first-order chi connectivity index (χ1) is 11.7. The highest BCUT2D eigenvalue weighted by Gasteiger charge is 2.19. The second-order valence-electron chi connectivity index (χ2n) is 6.08. The van der Waals surface area contributed by atoms with Crippen molar-refractivity contribution in [2.45, 2.75) is 6.10 Å². The number of aromatic hydroxyl groups is 1. The van der Waals surface area contributed by atoms with E-state index < -0.39 is 6.10 Å². The number of hydrogen-bond donors (Lipinski definition) is 2. The van der Waals surface area contributed by atoms with Gasteiger partial charge >= 0.3 is 0 Å². The van der Waals surface area contributed by atoms with Gasteiger partial charge < -0.3 is 19.8 Å². The lowest BCUT2D eigenvalue weighted by Crippen LogP contribution is -2.49. The number of anilines is 1. The van der Waals surface area contributed by atoms with E-state index in [2.05, 4.69) is 9.80 Å². The molecular formula is C19H24N2O3. The summed E-state index contributed by atoms with van der Waals surface area (Å²) in [5.41, 5.74) is 1.13. The fraction of sp³-hybridized carbons (Fsp3) is 0.368. The van der Waals surface area contributed by atoms with Gasteiger partial charge in [0.05, 0.1) is 0 Å².